The molecule has 0 aromatic carbocycles. The van der Waals surface area contributed by atoms with Gasteiger partial charge in [0.2, 0.25) is 0 Å². The second-order valence-electron chi connectivity index (χ2n) is 2.94. The van der Waals surface area contributed by atoms with Crippen LogP contribution in [0.2, 0.25) is 0 Å². The molecule has 0 heterocycles. The number of rotatable bonds is 0. The Kier molecular flexibility index (Phi) is 2.29. The highest BCUT2D eigenvalue weighted by atomic mass is 79.9. The van der Waals surface area contributed by atoms with E-state index >= 15 is 0 Å². The third kappa shape index (κ3) is 1.48. The van der Waals surface area contributed by atoms with Crippen LogP contribution in [0.15, 0.2) is 11.6 Å². The summed E-state index contributed by atoms with van der Waals surface area (Å²) < 4.78 is 0. The van der Waals surface area contributed by atoms with Crippen LogP contribution in [0.1, 0.15) is 20.3 Å². The van der Waals surface area contributed by atoms with Gasteiger partial charge in [0.1, 0.15) is 0 Å². The van der Waals surface area contributed by atoms with Gasteiger partial charge in [-0.3, -0.25) is 4.79 Å². The fourth-order valence-electron chi connectivity index (χ4n) is 1.26. The van der Waals surface area contributed by atoms with E-state index in [0.29, 0.717) is 17.2 Å². The minimum atomic E-state index is 0.265. The molecule has 2 atom stereocenters. The van der Waals surface area contributed by atoms with Gasteiger partial charge < -0.3 is 0 Å². The Morgan fingerprint density at radius 3 is 2.80 bits per heavy atom. The number of allylic oxidation sites excluding steroid dienone is 2. The van der Waals surface area contributed by atoms with E-state index in [-0.39, 0.29) is 5.78 Å². The number of ketones is 1. The quantitative estimate of drug-likeness (QED) is 0.552. The normalized spacial score (nSPS) is 33.9. The first-order valence-corrected chi connectivity index (χ1v) is 4.38. The van der Waals surface area contributed by atoms with Gasteiger partial charge in [0.25, 0.3) is 0 Å². The van der Waals surface area contributed by atoms with Crippen LogP contribution in [0.25, 0.3) is 0 Å². The number of carbonyl (C=O) groups excluding carboxylic acids is 1. The number of alkyl halides is 1. The Morgan fingerprint density at radius 1 is 1.70 bits per heavy atom. The zero-order valence-corrected chi connectivity index (χ0v) is 7.81. The molecule has 0 amide bonds. The standard InChI is InChI=1S/C8H11BrO/c1-5-3-7(10)4-6(2)8(5)9/h3,6,8H,4H2,1-2H3. The van der Waals surface area contributed by atoms with E-state index < -0.39 is 0 Å². The fourth-order valence-corrected chi connectivity index (χ4v) is 1.58. The van der Waals surface area contributed by atoms with Crippen molar-refractivity contribution >= 4 is 21.7 Å². The number of hydrogen-bond donors (Lipinski definition) is 0. The summed E-state index contributed by atoms with van der Waals surface area (Å²) in [5, 5.41) is 0. The summed E-state index contributed by atoms with van der Waals surface area (Å²) in [7, 11) is 0. The van der Waals surface area contributed by atoms with Gasteiger partial charge in [0, 0.05) is 11.2 Å². The lowest BCUT2D eigenvalue weighted by Gasteiger charge is -2.22. The predicted octanol–water partition coefficient (Wildman–Crippen LogP) is 2.31. The van der Waals surface area contributed by atoms with E-state index in [1.807, 2.05) is 6.92 Å². The Labute approximate surface area is 69.6 Å². The van der Waals surface area contributed by atoms with Gasteiger partial charge in [0.15, 0.2) is 5.78 Å². The molecule has 10 heavy (non-hydrogen) atoms. The van der Waals surface area contributed by atoms with Crippen molar-refractivity contribution < 1.29 is 4.79 Å². The summed E-state index contributed by atoms with van der Waals surface area (Å²) in [6, 6.07) is 0. The van der Waals surface area contributed by atoms with Crippen molar-refractivity contribution in [2.24, 2.45) is 5.92 Å². The van der Waals surface area contributed by atoms with Crippen molar-refractivity contribution in [3.8, 4) is 0 Å². The maximum atomic E-state index is 10.9. The van der Waals surface area contributed by atoms with E-state index in [4.69, 9.17) is 0 Å². The molecule has 2 unspecified atom stereocenters. The molecule has 0 aromatic heterocycles. The van der Waals surface area contributed by atoms with E-state index in [9.17, 15) is 4.79 Å². The minimum Gasteiger partial charge on any atom is -0.295 e. The molecule has 0 N–H and O–H groups in total. The fraction of sp³-hybridized carbons (Fsp3) is 0.625. The summed E-state index contributed by atoms with van der Waals surface area (Å²) in [4.78, 5) is 11.3. The van der Waals surface area contributed by atoms with Crippen molar-refractivity contribution in [1.82, 2.24) is 0 Å². The highest BCUT2D eigenvalue weighted by Crippen LogP contribution is 2.27. The monoisotopic (exact) mass is 202 g/mol. The topological polar surface area (TPSA) is 17.1 Å². The molecule has 1 nitrogen and oxygen atoms in total. The Hall–Kier alpha value is -0.110. The highest BCUT2D eigenvalue weighted by Gasteiger charge is 2.22. The van der Waals surface area contributed by atoms with Gasteiger partial charge in [-0.2, -0.15) is 0 Å². The highest BCUT2D eigenvalue weighted by molar-refractivity contribution is 9.09. The van der Waals surface area contributed by atoms with E-state index in [2.05, 4.69) is 22.9 Å². The largest absolute Gasteiger partial charge is 0.295 e. The van der Waals surface area contributed by atoms with Crippen LogP contribution in [0.3, 0.4) is 0 Å². The lowest BCUT2D eigenvalue weighted by atomic mass is 9.90. The van der Waals surface area contributed by atoms with Gasteiger partial charge in [-0.1, -0.05) is 28.4 Å². The minimum absolute atomic E-state index is 0.265. The lowest BCUT2D eigenvalue weighted by Crippen LogP contribution is -2.21. The average Bonchev–Trinajstić information content (AvgIpc) is 1.82. The van der Waals surface area contributed by atoms with Crippen LogP contribution in [-0.2, 0) is 4.79 Å². The van der Waals surface area contributed by atoms with E-state index in [0.717, 1.165) is 5.57 Å². The van der Waals surface area contributed by atoms with E-state index in [1.165, 1.54) is 0 Å². The third-order valence-corrected chi connectivity index (χ3v) is 3.47. The Balaban J connectivity index is 2.80. The molecule has 0 bridgehead atoms. The van der Waals surface area contributed by atoms with Gasteiger partial charge in [-0.15, -0.1) is 0 Å². The van der Waals surface area contributed by atoms with Crippen LogP contribution < -0.4 is 0 Å². The van der Waals surface area contributed by atoms with Crippen molar-refractivity contribution in [3.05, 3.63) is 11.6 Å². The molecule has 0 fully saturated rings. The van der Waals surface area contributed by atoms with Crippen LogP contribution >= 0.6 is 15.9 Å². The van der Waals surface area contributed by atoms with Gasteiger partial charge >= 0.3 is 0 Å². The number of halogens is 1. The third-order valence-electron chi connectivity index (χ3n) is 1.85. The van der Waals surface area contributed by atoms with Gasteiger partial charge in [-0.05, 0) is 18.9 Å². The molecule has 0 saturated heterocycles. The SMILES string of the molecule is CC1=CC(=O)CC(C)C1Br. The summed E-state index contributed by atoms with van der Waals surface area (Å²) in [5.41, 5.74) is 1.16. The molecule has 56 valence electrons. The van der Waals surface area contributed by atoms with E-state index in [1.54, 1.807) is 6.08 Å². The van der Waals surface area contributed by atoms with Crippen molar-refractivity contribution in [3.63, 3.8) is 0 Å². The first-order valence-electron chi connectivity index (χ1n) is 3.46. The molecule has 0 spiro atoms. The predicted molar refractivity (Wildman–Crippen MR) is 45.3 cm³/mol. The summed E-state index contributed by atoms with van der Waals surface area (Å²) in [6.45, 7) is 4.08. The number of carbonyl (C=O) groups is 1. The zero-order chi connectivity index (χ0) is 7.72. The zero-order valence-electron chi connectivity index (χ0n) is 6.23. The van der Waals surface area contributed by atoms with Crippen LogP contribution in [0.4, 0.5) is 0 Å². The second kappa shape index (κ2) is 2.87. The van der Waals surface area contributed by atoms with Gasteiger partial charge in [-0.25, -0.2) is 0 Å². The molecule has 0 saturated carbocycles. The molecule has 2 heteroatoms. The van der Waals surface area contributed by atoms with Crippen molar-refractivity contribution in [2.75, 3.05) is 0 Å². The molecule has 1 aliphatic carbocycles. The molecular weight excluding hydrogens is 192 g/mol. The maximum absolute atomic E-state index is 10.9. The van der Waals surface area contributed by atoms with Gasteiger partial charge in [0.05, 0.1) is 0 Å². The smallest absolute Gasteiger partial charge is 0.155 e. The van der Waals surface area contributed by atoms with Crippen molar-refractivity contribution in [1.29, 1.82) is 0 Å². The lowest BCUT2D eigenvalue weighted by molar-refractivity contribution is -0.115. The average molecular weight is 203 g/mol. The Bertz CT molecular complexity index is 184. The van der Waals surface area contributed by atoms with Crippen LogP contribution in [0.5, 0.6) is 0 Å². The molecule has 1 rings (SSSR count). The molecule has 1 aliphatic rings. The second-order valence-corrected chi connectivity index (χ2v) is 3.92. The maximum Gasteiger partial charge on any atom is 0.155 e. The Morgan fingerprint density at radius 2 is 2.30 bits per heavy atom. The summed E-state index contributed by atoms with van der Waals surface area (Å²) in [6.07, 6.45) is 2.42. The van der Waals surface area contributed by atoms with Crippen LogP contribution in [-0.4, -0.2) is 10.6 Å². The summed E-state index contributed by atoms with van der Waals surface area (Å²) >= 11 is 3.53. The molecule has 0 aromatic rings. The molecule has 0 radical (unpaired) electrons. The molecular formula is C8H11BrO. The number of hydrogen-bond acceptors (Lipinski definition) is 1. The van der Waals surface area contributed by atoms with Crippen LogP contribution in [0, 0.1) is 5.92 Å². The summed E-state index contributed by atoms with van der Waals surface area (Å²) in [5.74, 6) is 0.721. The van der Waals surface area contributed by atoms with Crippen molar-refractivity contribution in [2.45, 2.75) is 25.1 Å². The first kappa shape index (κ1) is 7.99. The molecule has 0 aliphatic heterocycles. The first-order chi connectivity index (χ1) is 4.61.